The van der Waals surface area contributed by atoms with Crippen LogP contribution in [0.3, 0.4) is 0 Å². The molecule has 14 nitrogen and oxygen atoms in total. The number of likely N-dealkylation sites (tertiary alicyclic amines) is 1. The summed E-state index contributed by atoms with van der Waals surface area (Å²) in [5, 5.41) is 5.55. The molecular weight excluding hydrogens is 744 g/mol. The van der Waals surface area contributed by atoms with E-state index in [2.05, 4.69) is 41.2 Å². The number of carbonyl (C=O) groups is 4. The van der Waals surface area contributed by atoms with Gasteiger partial charge in [-0.25, -0.2) is 23.9 Å². The number of rotatable bonds is 9. The summed E-state index contributed by atoms with van der Waals surface area (Å²) in [4.78, 5) is 69.2. The number of nitrogens with zero attached hydrogens (tertiary/aromatic N) is 4. The molecule has 0 radical (unpaired) electrons. The van der Waals surface area contributed by atoms with E-state index in [4.69, 9.17) is 9.47 Å². The molecule has 3 amide bonds. The molecule has 5 aromatic rings. The van der Waals surface area contributed by atoms with E-state index < -0.39 is 30.0 Å². The highest BCUT2D eigenvalue weighted by atomic mass is 19.1. The molecule has 0 bridgehead atoms. The Morgan fingerprint density at radius 1 is 0.897 bits per heavy atom. The zero-order valence-electron chi connectivity index (χ0n) is 32.9. The number of hydrogen-bond donors (Lipinski definition) is 4. The lowest BCUT2D eigenvalue weighted by Gasteiger charge is -2.31. The van der Waals surface area contributed by atoms with Crippen molar-refractivity contribution >= 4 is 23.9 Å². The van der Waals surface area contributed by atoms with Gasteiger partial charge in [0.25, 0.3) is 0 Å². The van der Waals surface area contributed by atoms with Gasteiger partial charge in [0.2, 0.25) is 5.91 Å². The first-order valence-electron chi connectivity index (χ1n) is 19.7. The number of nitrogens with one attached hydrogen (secondary N) is 4. The first-order valence-corrected chi connectivity index (χ1v) is 19.7. The number of Topliss-reactive ketones (excluding diaryl/α,β-unsaturated/α-hetero) is 1. The third-order valence-electron chi connectivity index (χ3n) is 11.8. The van der Waals surface area contributed by atoms with E-state index in [1.165, 1.54) is 20.3 Å². The van der Waals surface area contributed by atoms with Gasteiger partial charge in [0.15, 0.2) is 0 Å². The Labute approximate surface area is 334 Å². The number of ketones is 1. The average molecular weight is 791 g/mol. The predicted octanol–water partition coefficient (Wildman–Crippen LogP) is 6.63. The van der Waals surface area contributed by atoms with Gasteiger partial charge in [0.05, 0.1) is 50.0 Å². The molecule has 1 unspecified atom stereocenters. The van der Waals surface area contributed by atoms with Crippen LogP contribution in [0.25, 0.3) is 33.6 Å². The van der Waals surface area contributed by atoms with Crippen LogP contribution in [-0.4, -0.2) is 86.1 Å². The second kappa shape index (κ2) is 15.9. The van der Waals surface area contributed by atoms with E-state index in [-0.39, 0.29) is 42.0 Å². The summed E-state index contributed by atoms with van der Waals surface area (Å²) in [6.45, 7) is 4.87. The number of imidazole rings is 2. The molecule has 1 aliphatic carbocycles. The van der Waals surface area contributed by atoms with E-state index in [0.29, 0.717) is 53.5 Å². The van der Waals surface area contributed by atoms with Crippen LogP contribution in [0.2, 0.25) is 0 Å². The number of aromatic amines is 2. The van der Waals surface area contributed by atoms with Crippen LogP contribution in [-0.2, 0) is 32.0 Å². The van der Waals surface area contributed by atoms with Gasteiger partial charge in [0.1, 0.15) is 29.3 Å². The van der Waals surface area contributed by atoms with Crippen molar-refractivity contribution < 1.29 is 33.0 Å². The lowest BCUT2D eigenvalue weighted by Crippen LogP contribution is -2.51. The molecule has 2 aliphatic heterocycles. The standard InChI is InChI=1S/C43H47FN8O6/c1-23(2)37(50-43(56)58-4)41(54)52-16-5-6-34(52)40-46-20-32(48-40)25-9-7-24(8-10-25)29-13-11-27(18-30(29)44)33-21-45-39(47-33)28-19-35(53)36-31(49-42(55)57-3)14-12-26-15-17-51(22-28)38(26)36/h7-11,13,15,17-18,20-21,23,28,31,34,36-37H,5-6,12,14,16,19,22H2,1-4H3,(H,45,47)(H,46,48)(H,49,55)(H,50,56)/t28-,31-,34-,36?,37-/m0/s1. The smallest absolute Gasteiger partial charge is 0.407 e. The number of ether oxygens (including phenoxy) is 2. The fraction of sp³-hybridized carbons (Fsp3) is 0.395. The van der Waals surface area contributed by atoms with Gasteiger partial charge in [-0.2, -0.15) is 0 Å². The van der Waals surface area contributed by atoms with E-state index in [1.807, 2.05) is 50.4 Å². The molecule has 0 spiro atoms. The molecule has 1 saturated heterocycles. The highest BCUT2D eigenvalue weighted by Gasteiger charge is 2.42. The maximum Gasteiger partial charge on any atom is 0.407 e. The van der Waals surface area contributed by atoms with Crippen molar-refractivity contribution in [2.45, 2.75) is 82.5 Å². The summed E-state index contributed by atoms with van der Waals surface area (Å²) in [5.74, 6) is -0.0500. The molecule has 302 valence electrons. The zero-order valence-corrected chi connectivity index (χ0v) is 32.9. The third-order valence-corrected chi connectivity index (χ3v) is 11.8. The van der Waals surface area contributed by atoms with Gasteiger partial charge in [-0.05, 0) is 60.4 Å². The first-order chi connectivity index (χ1) is 28.0. The van der Waals surface area contributed by atoms with E-state index in [1.54, 1.807) is 23.4 Å². The molecule has 4 N–H and O–H groups in total. The lowest BCUT2D eigenvalue weighted by molar-refractivity contribution is -0.135. The second-order valence-electron chi connectivity index (χ2n) is 15.7. The van der Waals surface area contributed by atoms with Crippen molar-refractivity contribution in [2.24, 2.45) is 5.92 Å². The van der Waals surface area contributed by atoms with Crippen LogP contribution in [0.4, 0.5) is 14.0 Å². The van der Waals surface area contributed by atoms with Gasteiger partial charge in [-0.1, -0.05) is 50.2 Å². The topological polar surface area (TPSA) is 176 Å². The van der Waals surface area contributed by atoms with Crippen molar-refractivity contribution in [3.63, 3.8) is 0 Å². The molecule has 5 atom stereocenters. The van der Waals surface area contributed by atoms with Gasteiger partial charge in [0, 0.05) is 54.5 Å². The minimum Gasteiger partial charge on any atom is -0.453 e. The van der Waals surface area contributed by atoms with Crippen molar-refractivity contribution in [1.82, 2.24) is 40.0 Å². The minimum absolute atomic E-state index is 0.0377. The maximum absolute atomic E-state index is 15.8. The van der Waals surface area contributed by atoms with Crippen molar-refractivity contribution in [1.29, 1.82) is 0 Å². The van der Waals surface area contributed by atoms with Crippen molar-refractivity contribution in [2.75, 3.05) is 20.8 Å². The van der Waals surface area contributed by atoms with E-state index >= 15 is 4.39 Å². The summed E-state index contributed by atoms with van der Waals surface area (Å²) in [5.41, 5.74) is 6.11. The molecule has 2 aromatic carbocycles. The Hall–Kier alpha value is -6.25. The second-order valence-corrected chi connectivity index (χ2v) is 15.7. The van der Waals surface area contributed by atoms with Crippen LogP contribution in [0, 0.1) is 11.7 Å². The molecule has 58 heavy (non-hydrogen) atoms. The van der Waals surface area contributed by atoms with Gasteiger partial charge in [-0.15, -0.1) is 0 Å². The van der Waals surface area contributed by atoms with Crippen molar-refractivity contribution in [3.8, 4) is 33.6 Å². The number of methoxy groups -OCH3 is 2. The average Bonchev–Trinajstić information content (AvgIpc) is 4.06. The molecule has 3 aromatic heterocycles. The number of hydrogen-bond acceptors (Lipinski definition) is 8. The van der Waals surface area contributed by atoms with Crippen LogP contribution >= 0.6 is 0 Å². The van der Waals surface area contributed by atoms with E-state index in [0.717, 1.165) is 41.8 Å². The summed E-state index contributed by atoms with van der Waals surface area (Å²) in [6, 6.07) is 13.3. The van der Waals surface area contributed by atoms with Crippen LogP contribution < -0.4 is 10.6 Å². The molecule has 0 saturated carbocycles. The quantitative estimate of drug-likeness (QED) is 0.129. The molecular formula is C43H47FN8O6. The summed E-state index contributed by atoms with van der Waals surface area (Å²) in [7, 11) is 2.59. The molecule has 3 aliphatic rings. The first kappa shape index (κ1) is 38.6. The number of carbonyl (C=O) groups excluding carboxylic acids is 4. The fourth-order valence-electron chi connectivity index (χ4n) is 8.83. The van der Waals surface area contributed by atoms with E-state index in [9.17, 15) is 19.2 Å². The van der Waals surface area contributed by atoms with Crippen LogP contribution in [0.1, 0.15) is 80.3 Å². The van der Waals surface area contributed by atoms with Gasteiger partial charge in [-0.3, -0.25) is 9.59 Å². The Bertz CT molecular complexity index is 2350. The summed E-state index contributed by atoms with van der Waals surface area (Å²) in [6.07, 6.45) is 7.43. The Morgan fingerprint density at radius 2 is 1.59 bits per heavy atom. The number of alkyl carbamates (subject to hydrolysis) is 2. The zero-order chi connectivity index (χ0) is 40.7. The molecule has 8 rings (SSSR count). The molecule has 15 heteroatoms. The predicted molar refractivity (Wildman–Crippen MR) is 212 cm³/mol. The third kappa shape index (κ3) is 7.36. The SMILES string of the molecule is COC(=O)N[C@H]1CCc2ccn3c2C1C(=O)C[C@H](c1ncc(-c2ccc(-c4ccc(-c5cnc([C@@H]6CCCN6C(=O)[C@@H](NC(=O)OC)C(C)C)[nH]5)cc4)c(F)c2)[nH]1)C3. The summed E-state index contributed by atoms with van der Waals surface area (Å²) >= 11 is 0. The number of amides is 3. The number of benzene rings is 2. The molecule has 5 heterocycles. The van der Waals surface area contributed by atoms with Crippen LogP contribution in [0.5, 0.6) is 0 Å². The Kier molecular flexibility index (Phi) is 10.6. The Balaban J connectivity index is 0.949. The van der Waals surface area contributed by atoms with Gasteiger partial charge < -0.3 is 39.5 Å². The number of halogens is 1. The van der Waals surface area contributed by atoms with Crippen LogP contribution in [0.15, 0.2) is 67.1 Å². The fourth-order valence-corrected chi connectivity index (χ4v) is 8.83. The maximum atomic E-state index is 15.8. The lowest BCUT2D eigenvalue weighted by atomic mass is 9.79. The number of aryl methyl sites for hydroxylation is 1. The van der Waals surface area contributed by atoms with Crippen molar-refractivity contribution in [3.05, 3.63) is 95.8 Å². The van der Waals surface area contributed by atoms with Gasteiger partial charge >= 0.3 is 12.2 Å². The minimum atomic E-state index is -0.720. The highest BCUT2D eigenvalue weighted by Crippen LogP contribution is 2.40. The highest BCUT2D eigenvalue weighted by molar-refractivity contribution is 5.89. The summed E-state index contributed by atoms with van der Waals surface area (Å²) < 4.78 is 27.5. The number of H-pyrrole nitrogens is 2. The molecule has 1 fully saturated rings. The largest absolute Gasteiger partial charge is 0.453 e. The monoisotopic (exact) mass is 790 g/mol. The number of aromatic nitrogens is 5. The Morgan fingerprint density at radius 3 is 2.31 bits per heavy atom. The normalized spacial score (nSPS) is 20.7.